The van der Waals surface area contributed by atoms with Gasteiger partial charge >= 0.3 is 0 Å². The lowest BCUT2D eigenvalue weighted by Gasteiger charge is -2.17. The van der Waals surface area contributed by atoms with E-state index in [2.05, 4.69) is 5.32 Å². The minimum atomic E-state index is -3.02. The molecule has 0 amide bonds. The first-order chi connectivity index (χ1) is 8.35. The van der Waals surface area contributed by atoms with E-state index >= 15 is 0 Å². The van der Waals surface area contributed by atoms with Crippen molar-refractivity contribution in [2.75, 3.05) is 19.1 Å². The van der Waals surface area contributed by atoms with Crippen molar-refractivity contribution >= 4 is 9.84 Å². The van der Waals surface area contributed by atoms with E-state index < -0.39 is 21.5 Å². The number of halogens is 2. The normalized spacial score (nSPS) is 13.6. The summed E-state index contributed by atoms with van der Waals surface area (Å²) >= 11 is 0. The standard InChI is InChI=1S/C12H17F2NO2S/c1-15-11(7-4-8-18(2,16)17)9-5-3-6-10(13)12(9)14/h3,5-6,11,15H,4,7-8H2,1-2H3. The average molecular weight is 277 g/mol. The minimum Gasteiger partial charge on any atom is -0.313 e. The van der Waals surface area contributed by atoms with Crippen LogP contribution in [0.2, 0.25) is 0 Å². The highest BCUT2D eigenvalue weighted by Gasteiger charge is 2.17. The van der Waals surface area contributed by atoms with E-state index in [1.54, 1.807) is 7.05 Å². The van der Waals surface area contributed by atoms with Gasteiger partial charge in [-0.15, -0.1) is 0 Å². The van der Waals surface area contributed by atoms with Crippen LogP contribution in [0.25, 0.3) is 0 Å². The summed E-state index contributed by atoms with van der Waals surface area (Å²) in [7, 11) is -1.39. The van der Waals surface area contributed by atoms with Gasteiger partial charge in [0.25, 0.3) is 0 Å². The van der Waals surface area contributed by atoms with Gasteiger partial charge in [0, 0.05) is 23.6 Å². The van der Waals surface area contributed by atoms with E-state index in [1.807, 2.05) is 0 Å². The Labute approximate surface area is 106 Å². The molecule has 1 aromatic rings. The van der Waals surface area contributed by atoms with Gasteiger partial charge in [0.05, 0.1) is 0 Å². The van der Waals surface area contributed by atoms with Crippen LogP contribution in [0.4, 0.5) is 8.78 Å². The quantitative estimate of drug-likeness (QED) is 0.865. The molecule has 0 radical (unpaired) electrons. The fraction of sp³-hybridized carbons (Fsp3) is 0.500. The van der Waals surface area contributed by atoms with E-state index in [0.717, 1.165) is 12.3 Å². The first-order valence-electron chi connectivity index (χ1n) is 5.64. The molecule has 0 fully saturated rings. The lowest BCUT2D eigenvalue weighted by atomic mass is 10.0. The van der Waals surface area contributed by atoms with Crippen molar-refractivity contribution in [1.29, 1.82) is 0 Å². The molecule has 0 aliphatic rings. The van der Waals surface area contributed by atoms with Crippen LogP contribution >= 0.6 is 0 Å². The molecule has 1 atom stereocenters. The summed E-state index contributed by atoms with van der Waals surface area (Å²) < 4.78 is 48.7. The summed E-state index contributed by atoms with van der Waals surface area (Å²) in [6.45, 7) is 0. The zero-order valence-electron chi connectivity index (χ0n) is 10.4. The smallest absolute Gasteiger partial charge is 0.163 e. The third-order valence-electron chi connectivity index (χ3n) is 2.71. The Morgan fingerprint density at radius 1 is 1.33 bits per heavy atom. The van der Waals surface area contributed by atoms with Crippen LogP contribution in [0, 0.1) is 11.6 Å². The lowest BCUT2D eigenvalue weighted by Crippen LogP contribution is -2.19. The van der Waals surface area contributed by atoms with E-state index in [9.17, 15) is 17.2 Å². The molecule has 0 saturated carbocycles. The topological polar surface area (TPSA) is 46.2 Å². The molecule has 1 unspecified atom stereocenters. The van der Waals surface area contributed by atoms with Crippen molar-refractivity contribution in [3.63, 3.8) is 0 Å². The highest BCUT2D eigenvalue weighted by molar-refractivity contribution is 7.90. The van der Waals surface area contributed by atoms with E-state index in [-0.39, 0.29) is 17.4 Å². The van der Waals surface area contributed by atoms with E-state index in [0.29, 0.717) is 12.8 Å². The molecule has 0 aromatic heterocycles. The Kier molecular flexibility index (Phi) is 5.22. The molecule has 1 rings (SSSR count). The molecular formula is C12H17F2NO2S. The maximum atomic E-state index is 13.6. The predicted molar refractivity (Wildman–Crippen MR) is 67.1 cm³/mol. The van der Waals surface area contributed by atoms with E-state index in [1.165, 1.54) is 12.1 Å². The lowest BCUT2D eigenvalue weighted by molar-refractivity contribution is 0.461. The number of rotatable bonds is 6. The number of hydrogen-bond donors (Lipinski definition) is 1. The zero-order valence-corrected chi connectivity index (χ0v) is 11.2. The van der Waals surface area contributed by atoms with Crippen molar-refractivity contribution in [3.05, 3.63) is 35.4 Å². The van der Waals surface area contributed by atoms with Gasteiger partial charge in [-0.1, -0.05) is 12.1 Å². The molecule has 0 aliphatic carbocycles. The summed E-state index contributed by atoms with van der Waals surface area (Å²) in [6, 6.07) is 3.61. The van der Waals surface area contributed by atoms with E-state index in [4.69, 9.17) is 0 Å². The molecule has 3 nitrogen and oxygen atoms in total. The summed E-state index contributed by atoms with van der Waals surface area (Å²) in [5, 5.41) is 2.87. The number of nitrogens with one attached hydrogen (secondary N) is 1. The van der Waals surface area contributed by atoms with Crippen molar-refractivity contribution in [2.45, 2.75) is 18.9 Å². The Hall–Kier alpha value is -1.01. The first-order valence-corrected chi connectivity index (χ1v) is 7.70. The third-order valence-corrected chi connectivity index (χ3v) is 3.74. The molecule has 0 saturated heterocycles. The molecule has 18 heavy (non-hydrogen) atoms. The van der Waals surface area contributed by atoms with Gasteiger partial charge in [0.1, 0.15) is 9.84 Å². The average Bonchev–Trinajstić information content (AvgIpc) is 2.27. The molecule has 102 valence electrons. The van der Waals surface area contributed by atoms with Crippen LogP contribution in [0.5, 0.6) is 0 Å². The van der Waals surface area contributed by atoms with Gasteiger partial charge in [-0.2, -0.15) is 0 Å². The Balaban J connectivity index is 2.75. The Morgan fingerprint density at radius 2 is 2.00 bits per heavy atom. The van der Waals surface area contributed by atoms with Crippen LogP contribution in [0.3, 0.4) is 0 Å². The number of benzene rings is 1. The maximum absolute atomic E-state index is 13.6. The summed E-state index contributed by atoms with van der Waals surface area (Å²) in [5.41, 5.74) is 0.228. The fourth-order valence-electron chi connectivity index (χ4n) is 1.79. The maximum Gasteiger partial charge on any atom is 0.163 e. The number of hydrogen-bond acceptors (Lipinski definition) is 3. The molecule has 0 aliphatic heterocycles. The zero-order chi connectivity index (χ0) is 13.8. The van der Waals surface area contributed by atoms with Crippen molar-refractivity contribution < 1.29 is 17.2 Å². The third kappa shape index (κ3) is 4.34. The highest BCUT2D eigenvalue weighted by Crippen LogP contribution is 2.23. The van der Waals surface area contributed by atoms with Crippen LogP contribution < -0.4 is 5.32 Å². The minimum absolute atomic E-state index is 0.0438. The monoisotopic (exact) mass is 277 g/mol. The van der Waals surface area contributed by atoms with Gasteiger partial charge in [-0.3, -0.25) is 0 Å². The summed E-state index contributed by atoms with van der Waals surface area (Å²) in [6.07, 6.45) is 1.99. The molecule has 0 heterocycles. The largest absolute Gasteiger partial charge is 0.313 e. The van der Waals surface area contributed by atoms with Crippen LogP contribution in [-0.4, -0.2) is 27.5 Å². The van der Waals surface area contributed by atoms with Gasteiger partial charge in [0.15, 0.2) is 11.6 Å². The molecular weight excluding hydrogens is 260 g/mol. The second-order valence-corrected chi connectivity index (χ2v) is 6.52. The van der Waals surface area contributed by atoms with Crippen LogP contribution in [0.1, 0.15) is 24.4 Å². The second kappa shape index (κ2) is 6.24. The van der Waals surface area contributed by atoms with Crippen molar-refractivity contribution in [2.24, 2.45) is 0 Å². The Morgan fingerprint density at radius 3 is 2.56 bits per heavy atom. The predicted octanol–water partition coefficient (Wildman–Crippen LogP) is 2.05. The first kappa shape index (κ1) is 15.0. The molecule has 6 heteroatoms. The van der Waals surface area contributed by atoms with Crippen LogP contribution in [0.15, 0.2) is 18.2 Å². The number of sulfone groups is 1. The fourth-order valence-corrected chi connectivity index (χ4v) is 2.49. The van der Waals surface area contributed by atoms with Crippen molar-refractivity contribution in [3.8, 4) is 0 Å². The molecule has 1 aromatic carbocycles. The summed E-state index contributed by atoms with van der Waals surface area (Å²) in [5.74, 6) is -1.73. The van der Waals surface area contributed by atoms with Gasteiger partial charge in [-0.05, 0) is 26.0 Å². The highest BCUT2D eigenvalue weighted by atomic mass is 32.2. The van der Waals surface area contributed by atoms with Gasteiger partial charge < -0.3 is 5.32 Å². The van der Waals surface area contributed by atoms with Gasteiger partial charge in [-0.25, -0.2) is 17.2 Å². The van der Waals surface area contributed by atoms with Crippen molar-refractivity contribution in [1.82, 2.24) is 5.32 Å². The molecule has 0 bridgehead atoms. The van der Waals surface area contributed by atoms with Gasteiger partial charge in [0.2, 0.25) is 0 Å². The van der Waals surface area contributed by atoms with Crippen LogP contribution in [-0.2, 0) is 9.84 Å². The SMILES string of the molecule is CNC(CCCS(C)(=O)=O)c1cccc(F)c1F. The summed E-state index contributed by atoms with van der Waals surface area (Å²) in [4.78, 5) is 0. The Bertz CT molecular complexity index is 503. The molecule has 1 N–H and O–H groups in total. The second-order valence-electron chi connectivity index (χ2n) is 4.26. The molecule has 0 spiro atoms.